The van der Waals surface area contributed by atoms with Gasteiger partial charge in [0.1, 0.15) is 0 Å². The summed E-state index contributed by atoms with van der Waals surface area (Å²) in [4.78, 5) is 21.4. The highest BCUT2D eigenvalue weighted by Crippen LogP contribution is 2.27. The molecule has 0 aliphatic rings. The lowest BCUT2D eigenvalue weighted by Gasteiger charge is -2.28. The number of carboxylic acid groups (broad SMARTS) is 2. The van der Waals surface area contributed by atoms with E-state index in [1.807, 2.05) is 0 Å². The van der Waals surface area contributed by atoms with E-state index in [9.17, 15) is 19.8 Å². The van der Waals surface area contributed by atoms with E-state index in [2.05, 4.69) is 0 Å². The Bertz CT molecular complexity index is 247. The molecule has 6 heteroatoms. The molecule has 0 heterocycles. The summed E-state index contributed by atoms with van der Waals surface area (Å²) in [6.45, 7) is 6.47. The van der Waals surface area contributed by atoms with Crippen molar-refractivity contribution in [1.29, 1.82) is 0 Å². The quantitative estimate of drug-likeness (QED) is 0.654. The number of carboxylic acids is 2. The molecule has 0 amide bonds. The largest absolute Gasteiger partial charge is 0.550 e. The number of hydrogen-bond acceptors (Lipinski definition) is 4. The van der Waals surface area contributed by atoms with Crippen molar-refractivity contribution in [2.45, 2.75) is 53.4 Å². The first-order chi connectivity index (χ1) is 7.09. The fourth-order valence-corrected chi connectivity index (χ4v) is 1.34. The van der Waals surface area contributed by atoms with Gasteiger partial charge in [-0.3, -0.25) is 0 Å². The third-order valence-corrected chi connectivity index (χ3v) is 2.96. The van der Waals surface area contributed by atoms with Crippen molar-refractivity contribution in [2.75, 3.05) is 0 Å². The van der Waals surface area contributed by atoms with Crippen LogP contribution >= 0.6 is 0 Å². The lowest BCUT2D eigenvalue weighted by atomic mass is 9.83. The molecule has 8 N–H and O–H groups in total. The first-order valence-corrected chi connectivity index (χ1v) is 5.52. The molecule has 6 nitrogen and oxygen atoms in total. The molecule has 18 heavy (non-hydrogen) atoms. The minimum Gasteiger partial charge on any atom is -0.550 e. The van der Waals surface area contributed by atoms with E-state index < -0.39 is 22.8 Å². The summed E-state index contributed by atoms with van der Waals surface area (Å²) < 4.78 is 0. The summed E-state index contributed by atoms with van der Waals surface area (Å²) in [6, 6.07) is 0. The number of carbonyl (C=O) groups excluding carboxylic acids is 2. The Hall–Kier alpha value is -1.14. The van der Waals surface area contributed by atoms with Gasteiger partial charge in [0.05, 0.1) is 0 Å². The summed E-state index contributed by atoms with van der Waals surface area (Å²) in [7, 11) is 0. The van der Waals surface area contributed by atoms with Crippen LogP contribution in [0, 0.1) is 10.8 Å². The van der Waals surface area contributed by atoms with E-state index in [-0.39, 0.29) is 12.3 Å². The van der Waals surface area contributed by atoms with Crippen molar-refractivity contribution in [1.82, 2.24) is 12.3 Å². The van der Waals surface area contributed by atoms with Gasteiger partial charge in [-0.2, -0.15) is 0 Å². The van der Waals surface area contributed by atoms with E-state index in [0.29, 0.717) is 25.7 Å². The minimum atomic E-state index is -1.06. The third kappa shape index (κ3) is 7.24. The van der Waals surface area contributed by atoms with Crippen LogP contribution < -0.4 is 22.5 Å². The maximum atomic E-state index is 10.7. The van der Waals surface area contributed by atoms with Crippen LogP contribution in [-0.2, 0) is 9.59 Å². The molecule has 0 spiro atoms. The Labute approximate surface area is 109 Å². The van der Waals surface area contributed by atoms with Crippen molar-refractivity contribution < 1.29 is 19.8 Å². The van der Waals surface area contributed by atoms with Gasteiger partial charge in [-0.25, -0.2) is 0 Å². The monoisotopic (exact) mass is 264 g/mol. The molecule has 0 aromatic heterocycles. The summed E-state index contributed by atoms with van der Waals surface area (Å²) in [5.74, 6) is -2.13. The molecule has 0 saturated heterocycles. The number of rotatable bonds is 7. The van der Waals surface area contributed by atoms with E-state index in [4.69, 9.17) is 0 Å². The van der Waals surface area contributed by atoms with E-state index in [1.165, 1.54) is 0 Å². The summed E-state index contributed by atoms with van der Waals surface area (Å²) in [5.41, 5.74) is -1.68. The molecule has 0 unspecified atom stereocenters. The van der Waals surface area contributed by atoms with Crippen LogP contribution in [0.1, 0.15) is 53.4 Å². The third-order valence-electron chi connectivity index (χ3n) is 2.96. The second kappa shape index (κ2) is 8.05. The molecule has 0 aliphatic heterocycles. The maximum absolute atomic E-state index is 10.7. The van der Waals surface area contributed by atoms with E-state index in [0.717, 1.165) is 0 Å². The zero-order valence-corrected chi connectivity index (χ0v) is 12.5. The molecular weight excluding hydrogens is 236 g/mol. The van der Waals surface area contributed by atoms with Gasteiger partial charge in [-0.05, 0) is 12.8 Å². The first kappa shape index (κ1) is 22.1. The summed E-state index contributed by atoms with van der Waals surface area (Å²) >= 11 is 0. The molecule has 0 atom stereocenters. The number of aliphatic carboxylic acids is 2. The fraction of sp³-hybridized carbons (Fsp3) is 0.833. The van der Waals surface area contributed by atoms with Crippen molar-refractivity contribution in [2.24, 2.45) is 10.8 Å². The number of hydrogen-bond donors (Lipinski definition) is 2. The van der Waals surface area contributed by atoms with E-state index in [1.54, 1.807) is 27.7 Å². The van der Waals surface area contributed by atoms with Crippen LogP contribution in [0.25, 0.3) is 0 Å². The van der Waals surface area contributed by atoms with Gasteiger partial charge >= 0.3 is 0 Å². The van der Waals surface area contributed by atoms with Crippen molar-refractivity contribution in [3.05, 3.63) is 0 Å². The topological polar surface area (TPSA) is 153 Å². The van der Waals surface area contributed by atoms with Gasteiger partial charge in [0, 0.05) is 22.8 Å². The highest BCUT2D eigenvalue weighted by Gasteiger charge is 2.21. The predicted molar refractivity (Wildman–Crippen MR) is 68.0 cm³/mol. The fourth-order valence-electron chi connectivity index (χ4n) is 1.34. The highest BCUT2D eigenvalue weighted by molar-refractivity contribution is 5.71. The molecule has 0 aromatic rings. The van der Waals surface area contributed by atoms with Crippen LogP contribution in [0.4, 0.5) is 0 Å². The molecule has 0 aromatic carbocycles. The minimum absolute atomic E-state index is 0. The Morgan fingerprint density at radius 1 is 0.778 bits per heavy atom. The molecule has 0 bridgehead atoms. The SMILES string of the molecule is CC(C)(CCCCC(C)(C)C(=O)[O-])C(=O)[O-].[NH4+].[NH4+]. The molecule has 0 radical (unpaired) electrons. The summed E-state index contributed by atoms with van der Waals surface area (Å²) in [5, 5.41) is 21.4. The second-order valence-electron chi connectivity index (χ2n) is 5.55. The van der Waals surface area contributed by atoms with Crippen LogP contribution in [0.2, 0.25) is 0 Å². The molecule has 110 valence electrons. The predicted octanol–water partition coefficient (Wildman–Crippen LogP) is 0.851. The Morgan fingerprint density at radius 3 is 1.17 bits per heavy atom. The van der Waals surface area contributed by atoms with Crippen LogP contribution in [0.15, 0.2) is 0 Å². The van der Waals surface area contributed by atoms with Gasteiger partial charge < -0.3 is 32.1 Å². The Balaban J connectivity index is -0.00000112. The molecule has 0 rings (SSSR count). The Kier molecular flexibility index (Phi) is 9.87. The van der Waals surface area contributed by atoms with Crippen LogP contribution in [0.5, 0.6) is 0 Å². The number of quaternary nitrogens is 2. The second-order valence-corrected chi connectivity index (χ2v) is 5.55. The number of carbonyl (C=O) groups is 2. The van der Waals surface area contributed by atoms with Gasteiger partial charge in [0.25, 0.3) is 0 Å². The number of unbranched alkanes of at least 4 members (excludes halogenated alkanes) is 1. The highest BCUT2D eigenvalue weighted by atomic mass is 16.4. The average molecular weight is 264 g/mol. The normalized spacial score (nSPS) is 11.1. The van der Waals surface area contributed by atoms with Crippen molar-refractivity contribution in [3.8, 4) is 0 Å². The first-order valence-electron chi connectivity index (χ1n) is 5.52. The molecule has 0 saturated carbocycles. The molecular formula is C12H28N2O4. The van der Waals surface area contributed by atoms with Crippen molar-refractivity contribution >= 4 is 11.9 Å². The molecule has 0 fully saturated rings. The van der Waals surface area contributed by atoms with Gasteiger partial charge in [0.2, 0.25) is 0 Å². The van der Waals surface area contributed by atoms with Gasteiger partial charge in [-0.15, -0.1) is 0 Å². The standard InChI is InChI=1S/C12H22O4.2H3N/c1-11(2,9(13)14)7-5-6-8-12(3,4)10(15)16;;/h5-8H2,1-4H3,(H,13,14)(H,15,16);2*1H3. The molecule has 0 aliphatic carbocycles. The van der Waals surface area contributed by atoms with Crippen LogP contribution in [-0.4, -0.2) is 11.9 Å². The average Bonchev–Trinajstić information content (AvgIpc) is 2.12. The van der Waals surface area contributed by atoms with E-state index >= 15 is 0 Å². The summed E-state index contributed by atoms with van der Waals surface area (Å²) in [6.07, 6.45) is 2.35. The van der Waals surface area contributed by atoms with Crippen molar-refractivity contribution in [3.63, 3.8) is 0 Å². The zero-order chi connectivity index (χ0) is 13.0. The maximum Gasteiger partial charge on any atom is 0.0470 e. The lowest BCUT2D eigenvalue weighted by molar-refractivity contribution is -0.319. The Morgan fingerprint density at radius 2 is 1.00 bits per heavy atom. The smallest absolute Gasteiger partial charge is 0.0470 e. The lowest BCUT2D eigenvalue weighted by Crippen LogP contribution is -2.39. The van der Waals surface area contributed by atoms with Crippen LogP contribution in [0.3, 0.4) is 0 Å². The zero-order valence-electron chi connectivity index (χ0n) is 12.5. The van der Waals surface area contributed by atoms with Gasteiger partial charge in [-0.1, -0.05) is 40.5 Å². The van der Waals surface area contributed by atoms with Gasteiger partial charge in [0.15, 0.2) is 0 Å².